The van der Waals surface area contributed by atoms with Gasteiger partial charge < -0.3 is 19.4 Å². The number of phenols is 2. The molecule has 0 radical (unpaired) electrons. The van der Waals surface area contributed by atoms with Crippen LogP contribution in [0.15, 0.2) is 45.6 Å². The van der Waals surface area contributed by atoms with Crippen LogP contribution >= 0.6 is 0 Å². The normalized spacial score (nSPS) is 10.6. The minimum Gasteiger partial charge on any atom is -0.508 e. The van der Waals surface area contributed by atoms with Crippen LogP contribution in [0.1, 0.15) is 6.92 Å². The summed E-state index contributed by atoms with van der Waals surface area (Å²) < 4.78 is 10.4. The second-order valence-corrected chi connectivity index (χ2v) is 5.05. The third-order valence-corrected chi connectivity index (χ3v) is 3.37. The van der Waals surface area contributed by atoms with Gasteiger partial charge in [-0.1, -0.05) is 6.07 Å². The Bertz CT molecular complexity index is 1010. The van der Waals surface area contributed by atoms with E-state index in [2.05, 4.69) is 10.3 Å². The Morgan fingerprint density at radius 3 is 2.84 bits per heavy atom. The van der Waals surface area contributed by atoms with Crippen LogP contribution in [0.2, 0.25) is 0 Å². The zero-order valence-electron chi connectivity index (χ0n) is 13.1. The fraction of sp³-hybridized carbons (Fsp3) is 0.118. The van der Waals surface area contributed by atoms with Gasteiger partial charge in [0.05, 0.1) is 17.9 Å². The van der Waals surface area contributed by atoms with Crippen molar-refractivity contribution in [3.05, 3.63) is 46.8 Å². The van der Waals surface area contributed by atoms with E-state index >= 15 is 0 Å². The first-order chi connectivity index (χ1) is 12.0. The zero-order valence-corrected chi connectivity index (χ0v) is 13.1. The van der Waals surface area contributed by atoms with Gasteiger partial charge >= 0.3 is 6.09 Å². The van der Waals surface area contributed by atoms with Gasteiger partial charge in [0, 0.05) is 6.07 Å². The van der Waals surface area contributed by atoms with Crippen LogP contribution < -0.4 is 10.9 Å². The van der Waals surface area contributed by atoms with Crippen molar-refractivity contribution in [3.8, 4) is 23.0 Å². The van der Waals surface area contributed by atoms with Gasteiger partial charge in [0.15, 0.2) is 0 Å². The van der Waals surface area contributed by atoms with Crippen molar-refractivity contribution in [1.82, 2.24) is 4.98 Å². The van der Waals surface area contributed by atoms with E-state index in [1.165, 1.54) is 36.4 Å². The maximum absolute atomic E-state index is 12.2. The Kier molecular flexibility index (Phi) is 4.25. The number of carbonyl (C=O) groups is 1. The second kappa shape index (κ2) is 6.52. The molecule has 3 N–H and O–H groups in total. The van der Waals surface area contributed by atoms with Crippen molar-refractivity contribution >= 4 is 22.7 Å². The molecule has 0 aliphatic rings. The predicted molar refractivity (Wildman–Crippen MR) is 89.7 cm³/mol. The minimum atomic E-state index is -0.727. The molecule has 3 rings (SSSR count). The van der Waals surface area contributed by atoms with Gasteiger partial charge in [-0.15, -0.1) is 0 Å². The molecule has 2 aromatic carbocycles. The third kappa shape index (κ3) is 3.23. The number of aromatic hydroxyl groups is 2. The number of ether oxygens (including phenoxy) is 1. The third-order valence-electron chi connectivity index (χ3n) is 3.37. The zero-order chi connectivity index (χ0) is 18.0. The quantitative estimate of drug-likeness (QED) is 0.669. The molecule has 0 atom stereocenters. The molecule has 0 saturated carbocycles. The Morgan fingerprint density at radius 1 is 1.28 bits per heavy atom. The summed E-state index contributed by atoms with van der Waals surface area (Å²) in [5.41, 5.74) is -0.100. The molecule has 0 spiro atoms. The van der Waals surface area contributed by atoms with Gasteiger partial charge in [0.2, 0.25) is 5.89 Å². The van der Waals surface area contributed by atoms with E-state index in [9.17, 15) is 19.8 Å². The molecule has 0 unspecified atom stereocenters. The number of phenolic OH excluding ortho intramolecular Hbond substituents is 2. The van der Waals surface area contributed by atoms with E-state index in [4.69, 9.17) is 9.15 Å². The average molecular weight is 342 g/mol. The van der Waals surface area contributed by atoms with E-state index < -0.39 is 11.7 Å². The SMILES string of the molecule is CCOC(=O)Nc1cc(O)ccc1-c1nc(=O)c2c(O)cccc2o1. The van der Waals surface area contributed by atoms with Gasteiger partial charge in [-0.3, -0.25) is 10.1 Å². The summed E-state index contributed by atoms with van der Waals surface area (Å²) in [6.07, 6.45) is -0.727. The largest absolute Gasteiger partial charge is 0.508 e. The molecule has 1 heterocycles. The number of nitrogens with zero attached hydrogens (tertiary/aromatic N) is 1. The molecule has 1 amide bonds. The fourth-order valence-electron chi connectivity index (χ4n) is 2.31. The second-order valence-electron chi connectivity index (χ2n) is 5.05. The molecule has 0 aliphatic heterocycles. The lowest BCUT2D eigenvalue weighted by Gasteiger charge is -2.11. The predicted octanol–water partition coefficient (Wildman–Crippen LogP) is 2.83. The lowest BCUT2D eigenvalue weighted by Crippen LogP contribution is -2.14. The van der Waals surface area contributed by atoms with E-state index in [-0.39, 0.29) is 46.2 Å². The van der Waals surface area contributed by atoms with Gasteiger partial charge in [-0.25, -0.2) is 4.79 Å². The lowest BCUT2D eigenvalue weighted by atomic mass is 10.1. The molecule has 3 aromatic rings. The van der Waals surface area contributed by atoms with Gasteiger partial charge in [-0.05, 0) is 31.2 Å². The standard InChI is InChI=1S/C17H14N2O6/c1-2-24-17(23)18-11-8-9(20)6-7-10(11)16-19-15(22)14-12(21)4-3-5-13(14)25-16/h3-8,20-21H,2H2,1H3,(H,18,23). The molecule has 0 fully saturated rings. The van der Waals surface area contributed by atoms with Crippen molar-refractivity contribution in [3.63, 3.8) is 0 Å². The maximum Gasteiger partial charge on any atom is 0.411 e. The lowest BCUT2D eigenvalue weighted by molar-refractivity contribution is 0.168. The highest BCUT2D eigenvalue weighted by molar-refractivity contribution is 5.91. The summed E-state index contributed by atoms with van der Waals surface area (Å²) in [6.45, 7) is 1.82. The number of nitrogens with one attached hydrogen (secondary N) is 1. The number of fused-ring (bicyclic) bond motifs is 1. The molecule has 25 heavy (non-hydrogen) atoms. The van der Waals surface area contributed by atoms with Crippen molar-refractivity contribution < 1.29 is 24.2 Å². The highest BCUT2D eigenvalue weighted by atomic mass is 16.5. The highest BCUT2D eigenvalue weighted by Crippen LogP contribution is 2.32. The Labute approximate surface area is 141 Å². The first-order valence-electron chi connectivity index (χ1n) is 7.39. The first-order valence-corrected chi connectivity index (χ1v) is 7.39. The van der Waals surface area contributed by atoms with Gasteiger partial charge in [0.25, 0.3) is 5.56 Å². The summed E-state index contributed by atoms with van der Waals surface area (Å²) in [4.78, 5) is 27.7. The van der Waals surface area contributed by atoms with Crippen molar-refractivity contribution in [2.24, 2.45) is 0 Å². The number of hydrogen-bond acceptors (Lipinski definition) is 7. The Morgan fingerprint density at radius 2 is 2.08 bits per heavy atom. The molecule has 128 valence electrons. The summed E-state index contributed by atoms with van der Waals surface area (Å²) in [5, 5.41) is 21.8. The molecule has 0 bridgehead atoms. The van der Waals surface area contributed by atoms with Crippen LogP contribution in [-0.2, 0) is 4.74 Å². The van der Waals surface area contributed by atoms with Crippen LogP contribution in [0.4, 0.5) is 10.5 Å². The Hall–Kier alpha value is -3.55. The molecular weight excluding hydrogens is 328 g/mol. The summed E-state index contributed by atoms with van der Waals surface area (Å²) in [7, 11) is 0. The number of aromatic nitrogens is 1. The topological polar surface area (TPSA) is 122 Å². The summed E-state index contributed by atoms with van der Waals surface area (Å²) >= 11 is 0. The number of benzene rings is 2. The van der Waals surface area contributed by atoms with Crippen LogP contribution in [0.3, 0.4) is 0 Å². The van der Waals surface area contributed by atoms with E-state index in [1.807, 2.05) is 0 Å². The molecule has 8 nitrogen and oxygen atoms in total. The number of rotatable bonds is 3. The van der Waals surface area contributed by atoms with E-state index in [1.54, 1.807) is 6.92 Å². The number of anilines is 1. The molecule has 1 aromatic heterocycles. The van der Waals surface area contributed by atoms with E-state index in [0.29, 0.717) is 0 Å². The van der Waals surface area contributed by atoms with Crippen molar-refractivity contribution in [1.29, 1.82) is 0 Å². The fourth-order valence-corrected chi connectivity index (χ4v) is 2.31. The van der Waals surface area contributed by atoms with Crippen LogP contribution in [0, 0.1) is 0 Å². The summed E-state index contributed by atoms with van der Waals surface area (Å²) in [5.74, 6) is -0.410. The number of hydrogen-bond donors (Lipinski definition) is 3. The van der Waals surface area contributed by atoms with Gasteiger partial charge in [0.1, 0.15) is 22.5 Å². The number of carbonyl (C=O) groups excluding carboxylic acids is 1. The van der Waals surface area contributed by atoms with Crippen molar-refractivity contribution in [2.75, 3.05) is 11.9 Å². The number of amides is 1. The van der Waals surface area contributed by atoms with Crippen LogP contribution in [0.25, 0.3) is 22.4 Å². The summed E-state index contributed by atoms with van der Waals surface area (Å²) in [6, 6.07) is 8.48. The minimum absolute atomic E-state index is 0.0371. The van der Waals surface area contributed by atoms with Crippen LogP contribution in [-0.4, -0.2) is 27.9 Å². The van der Waals surface area contributed by atoms with E-state index in [0.717, 1.165) is 0 Å². The highest BCUT2D eigenvalue weighted by Gasteiger charge is 2.16. The molecule has 0 saturated heterocycles. The smallest absolute Gasteiger partial charge is 0.411 e. The monoisotopic (exact) mass is 342 g/mol. The molecule has 8 heteroatoms. The first kappa shape index (κ1) is 16.3. The Balaban J connectivity index is 2.15. The average Bonchev–Trinajstić information content (AvgIpc) is 2.54. The van der Waals surface area contributed by atoms with Crippen molar-refractivity contribution in [2.45, 2.75) is 6.92 Å². The van der Waals surface area contributed by atoms with Crippen LogP contribution in [0.5, 0.6) is 11.5 Å². The van der Waals surface area contributed by atoms with Gasteiger partial charge in [-0.2, -0.15) is 4.98 Å². The molecular formula is C17H14N2O6. The molecule has 0 aliphatic carbocycles. The maximum atomic E-state index is 12.2.